The molecule has 0 saturated carbocycles. The molecule has 4 aliphatic rings. The van der Waals surface area contributed by atoms with Crippen LogP contribution in [0.3, 0.4) is 0 Å². The number of likely N-dealkylation sites (tertiary alicyclic amines) is 1. The summed E-state index contributed by atoms with van der Waals surface area (Å²) in [4.78, 5) is 47.9. The van der Waals surface area contributed by atoms with Crippen molar-refractivity contribution in [3.8, 4) is 0 Å². The second-order valence-corrected chi connectivity index (χ2v) is 12.8. The Morgan fingerprint density at radius 2 is 2.05 bits per heavy atom. The molecule has 0 aliphatic carbocycles. The summed E-state index contributed by atoms with van der Waals surface area (Å²) in [5, 5.41) is 10.5. The van der Waals surface area contributed by atoms with Crippen molar-refractivity contribution in [2.75, 3.05) is 59.2 Å². The van der Waals surface area contributed by atoms with Gasteiger partial charge in [-0.2, -0.15) is 0 Å². The van der Waals surface area contributed by atoms with Gasteiger partial charge in [-0.25, -0.2) is 0 Å². The molecule has 0 aromatic carbocycles. The molecule has 0 radical (unpaired) electrons. The number of nitrogens with zero attached hydrogens (tertiary/aromatic N) is 3. The monoisotopic (exact) mass is 563 g/mol. The zero-order valence-corrected chi connectivity index (χ0v) is 24.3. The molecule has 7 atom stereocenters. The van der Waals surface area contributed by atoms with Crippen molar-refractivity contribution in [3.63, 3.8) is 0 Å². The van der Waals surface area contributed by atoms with Crippen LogP contribution in [0.5, 0.6) is 0 Å². The zero-order valence-electron chi connectivity index (χ0n) is 23.5. The standard InChI is InChI=1S/C29H45N3O6S/c1-5-8-16-38-28(36)23-22-9-10-29(39-22)24(23)26(34)32(21(19-33)20(4)7-3)25(29)27(35)31(11-6-2)13-12-30-14-17-37-18-15-30/h5-6,20-25,33H,1-2,7-19H2,3-4H3/t20-,21-,22-,23+,24-,25?,29?/m0/s1. The predicted octanol–water partition coefficient (Wildman–Crippen LogP) is 1.95. The van der Waals surface area contributed by atoms with Crippen molar-refractivity contribution >= 4 is 29.5 Å². The van der Waals surface area contributed by atoms with Gasteiger partial charge in [0.2, 0.25) is 11.8 Å². The first-order valence-corrected chi connectivity index (χ1v) is 15.3. The Hall–Kier alpha value is -1.88. The van der Waals surface area contributed by atoms with Gasteiger partial charge in [0.05, 0.1) is 49.1 Å². The van der Waals surface area contributed by atoms with Gasteiger partial charge >= 0.3 is 5.97 Å². The molecule has 2 amide bonds. The smallest absolute Gasteiger partial charge is 0.310 e. The molecule has 2 bridgehead atoms. The Morgan fingerprint density at radius 1 is 1.31 bits per heavy atom. The maximum Gasteiger partial charge on any atom is 0.310 e. The van der Waals surface area contributed by atoms with Crippen molar-refractivity contribution < 1.29 is 29.0 Å². The Kier molecular flexibility index (Phi) is 10.2. The third kappa shape index (κ3) is 5.67. The maximum absolute atomic E-state index is 14.5. The number of esters is 1. The lowest BCUT2D eigenvalue weighted by molar-refractivity contribution is -0.154. The molecule has 4 saturated heterocycles. The number of hydrogen-bond acceptors (Lipinski definition) is 8. The minimum Gasteiger partial charge on any atom is -0.465 e. The number of aliphatic hydroxyl groups excluding tert-OH is 1. The van der Waals surface area contributed by atoms with Crippen molar-refractivity contribution in [1.82, 2.24) is 14.7 Å². The normalized spacial score (nSPS) is 31.6. The van der Waals surface area contributed by atoms with E-state index in [9.17, 15) is 19.5 Å². The third-order valence-corrected chi connectivity index (χ3v) is 11.1. The fourth-order valence-corrected chi connectivity index (χ4v) is 9.04. The van der Waals surface area contributed by atoms with Crippen LogP contribution in [-0.2, 0) is 23.9 Å². The van der Waals surface area contributed by atoms with Gasteiger partial charge in [-0.15, -0.1) is 24.9 Å². The Balaban J connectivity index is 1.67. The van der Waals surface area contributed by atoms with Crippen molar-refractivity contribution in [3.05, 3.63) is 25.3 Å². The lowest BCUT2D eigenvalue weighted by Gasteiger charge is -2.41. The summed E-state index contributed by atoms with van der Waals surface area (Å²) >= 11 is 1.63. The van der Waals surface area contributed by atoms with Crippen LogP contribution in [0.2, 0.25) is 0 Å². The quantitative estimate of drug-likeness (QED) is 0.195. The molecule has 2 unspecified atom stereocenters. The molecule has 1 spiro atoms. The molecule has 9 nitrogen and oxygen atoms in total. The number of aliphatic hydroxyl groups is 1. The second-order valence-electron chi connectivity index (χ2n) is 11.2. The second kappa shape index (κ2) is 13.2. The van der Waals surface area contributed by atoms with Gasteiger partial charge in [0.1, 0.15) is 6.04 Å². The van der Waals surface area contributed by atoms with Gasteiger partial charge in [-0.3, -0.25) is 19.3 Å². The van der Waals surface area contributed by atoms with Gasteiger partial charge in [-0.1, -0.05) is 32.4 Å². The van der Waals surface area contributed by atoms with Crippen LogP contribution in [0, 0.1) is 17.8 Å². The molecule has 39 heavy (non-hydrogen) atoms. The predicted molar refractivity (Wildman–Crippen MR) is 151 cm³/mol. The Morgan fingerprint density at radius 3 is 2.69 bits per heavy atom. The van der Waals surface area contributed by atoms with Gasteiger partial charge in [-0.05, 0) is 25.2 Å². The summed E-state index contributed by atoms with van der Waals surface area (Å²) in [5.74, 6) is -1.89. The van der Waals surface area contributed by atoms with Crippen LogP contribution in [0.4, 0.5) is 0 Å². The van der Waals surface area contributed by atoms with Crippen LogP contribution < -0.4 is 0 Å². The Bertz CT molecular complexity index is 927. The van der Waals surface area contributed by atoms with E-state index < -0.39 is 28.7 Å². The topological polar surface area (TPSA) is 99.6 Å². The fourth-order valence-electron chi connectivity index (χ4n) is 6.86. The van der Waals surface area contributed by atoms with Crippen LogP contribution >= 0.6 is 11.8 Å². The summed E-state index contributed by atoms with van der Waals surface area (Å²) < 4.78 is 10.3. The number of amides is 2. The van der Waals surface area contributed by atoms with E-state index in [-0.39, 0.29) is 42.2 Å². The van der Waals surface area contributed by atoms with E-state index in [4.69, 9.17) is 9.47 Å². The molecule has 4 fully saturated rings. The number of morpholine rings is 1. The number of fused-ring (bicyclic) bond motifs is 1. The molecule has 4 heterocycles. The lowest BCUT2D eigenvalue weighted by atomic mass is 9.71. The van der Waals surface area contributed by atoms with Crippen LogP contribution in [0.15, 0.2) is 25.3 Å². The number of carbonyl (C=O) groups is 3. The van der Waals surface area contributed by atoms with Crippen molar-refractivity contribution in [2.24, 2.45) is 17.8 Å². The molecule has 4 rings (SSSR count). The molecule has 0 aromatic heterocycles. The lowest BCUT2D eigenvalue weighted by Crippen LogP contribution is -2.59. The highest BCUT2D eigenvalue weighted by Crippen LogP contribution is 2.67. The molecular formula is C29H45N3O6S. The van der Waals surface area contributed by atoms with Crippen molar-refractivity contribution in [1.29, 1.82) is 0 Å². The molecule has 1 N–H and O–H groups in total. The first-order valence-electron chi connectivity index (χ1n) is 14.4. The molecule has 10 heteroatoms. The first-order chi connectivity index (χ1) is 18.8. The van der Waals surface area contributed by atoms with Gasteiger partial charge in [0.25, 0.3) is 0 Å². The third-order valence-electron chi connectivity index (χ3n) is 9.11. The average Bonchev–Trinajstić information content (AvgIpc) is 3.59. The minimum atomic E-state index is -0.744. The molecule has 0 aromatic rings. The van der Waals surface area contributed by atoms with E-state index in [0.717, 1.165) is 25.9 Å². The number of rotatable bonds is 14. The summed E-state index contributed by atoms with van der Waals surface area (Å²) in [6.07, 6.45) is 6.17. The zero-order chi connectivity index (χ0) is 28.2. The van der Waals surface area contributed by atoms with E-state index in [0.29, 0.717) is 45.7 Å². The minimum absolute atomic E-state index is 0.00845. The largest absolute Gasteiger partial charge is 0.465 e. The molecular weight excluding hydrogens is 518 g/mol. The van der Waals surface area contributed by atoms with Crippen LogP contribution in [-0.4, -0.2) is 119 Å². The number of ether oxygens (including phenoxy) is 2. The van der Waals surface area contributed by atoms with E-state index in [1.165, 1.54) is 0 Å². The summed E-state index contributed by atoms with van der Waals surface area (Å²) in [6, 6.07) is -1.25. The van der Waals surface area contributed by atoms with Crippen molar-refractivity contribution in [2.45, 2.75) is 61.6 Å². The Labute approximate surface area is 236 Å². The van der Waals surface area contributed by atoms with E-state index in [1.807, 2.05) is 13.8 Å². The fraction of sp³-hybridized carbons (Fsp3) is 0.759. The van der Waals surface area contributed by atoms with Crippen LogP contribution in [0.1, 0.15) is 39.5 Å². The molecule has 218 valence electrons. The average molecular weight is 564 g/mol. The number of carbonyl (C=O) groups excluding carboxylic acids is 3. The summed E-state index contributed by atoms with van der Waals surface area (Å²) in [5.41, 5.74) is 0. The highest BCUT2D eigenvalue weighted by atomic mass is 32.2. The number of thioether (sulfide) groups is 1. The van der Waals surface area contributed by atoms with E-state index >= 15 is 0 Å². The highest BCUT2D eigenvalue weighted by Gasteiger charge is 2.75. The van der Waals surface area contributed by atoms with E-state index in [2.05, 4.69) is 18.1 Å². The highest BCUT2D eigenvalue weighted by molar-refractivity contribution is 8.02. The molecule has 4 aliphatic heterocycles. The maximum atomic E-state index is 14.5. The SMILES string of the molecule is C=CCCOC(=O)[C@@H]1[C@@H]2CCC3(S2)C(C(=O)N(CC=C)CCN2CCOCC2)N([C@@H](CO)[C@@H](C)CC)C(=O)[C@H]13. The van der Waals surface area contributed by atoms with E-state index in [1.54, 1.807) is 33.7 Å². The van der Waals surface area contributed by atoms with Gasteiger partial charge in [0, 0.05) is 38.0 Å². The van der Waals surface area contributed by atoms with Crippen LogP contribution in [0.25, 0.3) is 0 Å². The van der Waals surface area contributed by atoms with Gasteiger partial charge < -0.3 is 24.4 Å². The number of hydrogen-bond donors (Lipinski definition) is 1. The summed E-state index contributed by atoms with van der Waals surface area (Å²) in [6.45, 7) is 16.2. The first kappa shape index (κ1) is 30.1. The summed E-state index contributed by atoms with van der Waals surface area (Å²) in [7, 11) is 0. The van der Waals surface area contributed by atoms with Gasteiger partial charge in [0.15, 0.2) is 0 Å².